The van der Waals surface area contributed by atoms with Crippen LogP contribution in [0.25, 0.3) is 0 Å². The van der Waals surface area contributed by atoms with E-state index >= 15 is 0 Å². The van der Waals surface area contributed by atoms with Crippen LogP contribution in [0.5, 0.6) is 11.5 Å². The number of piperidine rings is 1. The number of rotatable bonds is 6. The Bertz CT molecular complexity index is 487. The van der Waals surface area contributed by atoms with Crippen LogP contribution in [0, 0.1) is 12.3 Å². The molecular weight excluding hydrogens is 278 g/mol. The lowest BCUT2D eigenvalue weighted by atomic mass is 9.77. The fourth-order valence-corrected chi connectivity index (χ4v) is 3.24. The molecule has 0 aliphatic carbocycles. The minimum Gasteiger partial charge on any atom is -0.493 e. The minimum atomic E-state index is 0.142. The smallest absolute Gasteiger partial charge is 0.161 e. The third-order valence-electron chi connectivity index (χ3n) is 5.24. The van der Waals surface area contributed by atoms with Gasteiger partial charge in [0.05, 0.1) is 14.2 Å². The van der Waals surface area contributed by atoms with Crippen LogP contribution in [0.3, 0.4) is 0 Å². The van der Waals surface area contributed by atoms with Gasteiger partial charge in [0, 0.05) is 13.2 Å². The highest BCUT2D eigenvalue weighted by atomic mass is 16.5. The fourth-order valence-electron chi connectivity index (χ4n) is 3.24. The van der Waals surface area contributed by atoms with E-state index in [-0.39, 0.29) is 5.41 Å². The molecule has 1 aliphatic rings. The van der Waals surface area contributed by atoms with Crippen LogP contribution in [-0.4, -0.2) is 43.9 Å². The number of aliphatic hydroxyl groups excluding tert-OH is 1. The summed E-state index contributed by atoms with van der Waals surface area (Å²) < 4.78 is 10.8. The van der Waals surface area contributed by atoms with E-state index < -0.39 is 0 Å². The topological polar surface area (TPSA) is 41.9 Å². The average Bonchev–Trinajstić information content (AvgIpc) is 2.57. The molecule has 0 aromatic heterocycles. The van der Waals surface area contributed by atoms with Crippen LogP contribution in [0.2, 0.25) is 0 Å². The van der Waals surface area contributed by atoms with Crippen LogP contribution < -0.4 is 9.47 Å². The van der Waals surface area contributed by atoms with Crippen molar-refractivity contribution in [2.24, 2.45) is 5.41 Å². The monoisotopic (exact) mass is 307 g/mol. The van der Waals surface area contributed by atoms with E-state index in [0.29, 0.717) is 6.61 Å². The Morgan fingerprint density at radius 2 is 1.73 bits per heavy atom. The molecule has 4 heteroatoms. The van der Waals surface area contributed by atoms with E-state index in [1.165, 1.54) is 11.1 Å². The van der Waals surface area contributed by atoms with Crippen LogP contribution >= 0.6 is 0 Å². The van der Waals surface area contributed by atoms with Crippen molar-refractivity contribution in [3.63, 3.8) is 0 Å². The second-order valence-corrected chi connectivity index (χ2v) is 6.42. The van der Waals surface area contributed by atoms with Crippen molar-refractivity contribution in [3.8, 4) is 11.5 Å². The van der Waals surface area contributed by atoms with Gasteiger partial charge in [-0.25, -0.2) is 0 Å². The molecule has 0 bridgehead atoms. The maximum Gasteiger partial charge on any atom is 0.161 e. The zero-order valence-corrected chi connectivity index (χ0v) is 14.3. The maximum atomic E-state index is 9.64. The molecule has 1 heterocycles. The molecule has 124 valence electrons. The highest BCUT2D eigenvalue weighted by molar-refractivity contribution is 5.47. The highest BCUT2D eigenvalue weighted by Crippen LogP contribution is 2.36. The highest BCUT2D eigenvalue weighted by Gasteiger charge is 2.32. The van der Waals surface area contributed by atoms with Crippen LogP contribution in [0.4, 0.5) is 0 Å². The number of aryl methyl sites for hydroxylation is 1. The Morgan fingerprint density at radius 3 is 2.23 bits per heavy atom. The average molecular weight is 307 g/mol. The lowest BCUT2D eigenvalue weighted by molar-refractivity contribution is 0.0381. The fraction of sp³-hybridized carbons (Fsp3) is 0.667. The van der Waals surface area contributed by atoms with Gasteiger partial charge in [-0.15, -0.1) is 0 Å². The molecule has 0 spiro atoms. The first-order valence-corrected chi connectivity index (χ1v) is 8.12. The van der Waals surface area contributed by atoms with E-state index in [9.17, 15) is 5.11 Å². The van der Waals surface area contributed by atoms with Gasteiger partial charge in [-0.1, -0.05) is 6.92 Å². The molecule has 0 saturated carbocycles. The summed E-state index contributed by atoms with van der Waals surface area (Å²) in [6.45, 7) is 7.63. The first kappa shape index (κ1) is 17.1. The van der Waals surface area contributed by atoms with Crippen LogP contribution in [0.1, 0.15) is 37.3 Å². The molecule has 0 atom stereocenters. The predicted octanol–water partition coefficient (Wildman–Crippen LogP) is 3.00. The number of ether oxygens (including phenoxy) is 2. The van der Waals surface area contributed by atoms with Gasteiger partial charge in [-0.05, 0) is 68.0 Å². The van der Waals surface area contributed by atoms with E-state index in [0.717, 1.165) is 50.4 Å². The number of likely N-dealkylation sites (tertiary alicyclic amines) is 1. The standard InChI is InChI=1S/C18H29NO3/c1-5-18(13-20)6-8-19(9-7-18)12-15-11-17(22-4)16(21-3)10-14(15)2/h10-11,20H,5-9,12-13H2,1-4H3. The summed E-state index contributed by atoms with van der Waals surface area (Å²) in [6, 6.07) is 4.13. The Hall–Kier alpha value is -1.26. The summed E-state index contributed by atoms with van der Waals surface area (Å²) in [5.41, 5.74) is 2.65. The van der Waals surface area contributed by atoms with Crippen LogP contribution in [-0.2, 0) is 6.54 Å². The van der Waals surface area contributed by atoms with Gasteiger partial charge < -0.3 is 14.6 Å². The Balaban J connectivity index is 2.06. The van der Waals surface area contributed by atoms with Crippen molar-refractivity contribution in [1.29, 1.82) is 0 Å². The Kier molecular flexibility index (Phi) is 5.70. The van der Waals surface area contributed by atoms with Crippen molar-refractivity contribution in [3.05, 3.63) is 23.3 Å². The largest absolute Gasteiger partial charge is 0.493 e. The molecule has 2 rings (SSSR count). The van der Waals surface area contributed by atoms with Crippen molar-refractivity contribution in [1.82, 2.24) is 4.90 Å². The number of nitrogens with zero attached hydrogens (tertiary/aromatic N) is 1. The number of aliphatic hydroxyl groups is 1. The first-order chi connectivity index (χ1) is 10.6. The van der Waals surface area contributed by atoms with Gasteiger partial charge in [0.25, 0.3) is 0 Å². The molecule has 0 radical (unpaired) electrons. The van der Waals surface area contributed by atoms with Crippen molar-refractivity contribution in [2.75, 3.05) is 33.9 Å². The summed E-state index contributed by atoms with van der Waals surface area (Å²) in [6.07, 6.45) is 3.21. The van der Waals surface area contributed by atoms with E-state index in [4.69, 9.17) is 9.47 Å². The van der Waals surface area contributed by atoms with E-state index in [1.807, 2.05) is 6.07 Å². The second-order valence-electron chi connectivity index (χ2n) is 6.42. The van der Waals surface area contributed by atoms with Crippen LogP contribution in [0.15, 0.2) is 12.1 Å². The summed E-state index contributed by atoms with van der Waals surface area (Å²) in [7, 11) is 3.34. The van der Waals surface area contributed by atoms with Crippen molar-refractivity contribution in [2.45, 2.75) is 39.7 Å². The summed E-state index contributed by atoms with van der Waals surface area (Å²) in [4.78, 5) is 2.47. The number of hydrogen-bond acceptors (Lipinski definition) is 4. The molecule has 22 heavy (non-hydrogen) atoms. The second kappa shape index (κ2) is 7.34. The van der Waals surface area contributed by atoms with Gasteiger partial charge in [-0.2, -0.15) is 0 Å². The lowest BCUT2D eigenvalue weighted by Crippen LogP contribution is -2.41. The van der Waals surface area contributed by atoms with Gasteiger partial charge >= 0.3 is 0 Å². The first-order valence-electron chi connectivity index (χ1n) is 8.12. The molecule has 1 aromatic carbocycles. The Morgan fingerprint density at radius 1 is 1.14 bits per heavy atom. The summed E-state index contributed by atoms with van der Waals surface area (Å²) >= 11 is 0. The third kappa shape index (κ3) is 3.55. The van der Waals surface area contributed by atoms with E-state index in [1.54, 1.807) is 14.2 Å². The summed E-state index contributed by atoms with van der Waals surface area (Å²) in [5.74, 6) is 1.58. The zero-order valence-electron chi connectivity index (χ0n) is 14.3. The molecular formula is C18H29NO3. The molecule has 1 saturated heterocycles. The lowest BCUT2D eigenvalue weighted by Gasteiger charge is -2.40. The molecule has 4 nitrogen and oxygen atoms in total. The normalized spacial score (nSPS) is 18.2. The maximum absolute atomic E-state index is 9.64. The molecule has 1 aliphatic heterocycles. The van der Waals surface area contributed by atoms with Crippen molar-refractivity contribution >= 4 is 0 Å². The molecule has 0 amide bonds. The van der Waals surface area contributed by atoms with Gasteiger partial charge in [0.2, 0.25) is 0 Å². The minimum absolute atomic E-state index is 0.142. The van der Waals surface area contributed by atoms with E-state index in [2.05, 4.69) is 24.8 Å². The molecule has 1 N–H and O–H groups in total. The molecule has 1 fully saturated rings. The quantitative estimate of drug-likeness (QED) is 0.877. The van der Waals surface area contributed by atoms with Gasteiger partial charge in [0.15, 0.2) is 11.5 Å². The molecule has 1 aromatic rings. The Labute approximate surface area is 134 Å². The number of benzene rings is 1. The number of hydrogen-bond donors (Lipinski definition) is 1. The number of methoxy groups -OCH3 is 2. The molecule has 0 unspecified atom stereocenters. The van der Waals surface area contributed by atoms with Crippen molar-refractivity contribution < 1.29 is 14.6 Å². The van der Waals surface area contributed by atoms with Gasteiger partial charge in [-0.3, -0.25) is 4.90 Å². The third-order valence-corrected chi connectivity index (χ3v) is 5.24. The predicted molar refractivity (Wildman–Crippen MR) is 88.6 cm³/mol. The SMILES string of the molecule is CCC1(CO)CCN(Cc2cc(OC)c(OC)cc2C)CC1. The van der Waals surface area contributed by atoms with Gasteiger partial charge in [0.1, 0.15) is 0 Å². The summed E-state index contributed by atoms with van der Waals surface area (Å²) in [5, 5.41) is 9.64. The zero-order chi connectivity index (χ0) is 16.2.